The van der Waals surface area contributed by atoms with Crippen LogP contribution in [0.5, 0.6) is 0 Å². The van der Waals surface area contributed by atoms with Gasteiger partial charge in [0.25, 0.3) is 0 Å². The zero-order chi connectivity index (χ0) is 9.68. The second-order valence-electron chi connectivity index (χ2n) is 2.92. The van der Waals surface area contributed by atoms with Crippen LogP contribution < -0.4 is 5.32 Å². The monoisotopic (exact) mass is 216 g/mol. The Balaban J connectivity index is 2.29. The van der Waals surface area contributed by atoms with Crippen molar-refractivity contribution < 1.29 is 0 Å². The molecule has 4 heteroatoms. The lowest BCUT2D eigenvalue weighted by atomic mass is 10.4. The van der Waals surface area contributed by atoms with Crippen molar-refractivity contribution in [3.8, 4) is 0 Å². The molecule has 1 aromatic heterocycles. The SMILES string of the molecule is CSCCNCc1nc(C)c(C)s1. The minimum Gasteiger partial charge on any atom is -0.310 e. The molecule has 13 heavy (non-hydrogen) atoms. The van der Waals surface area contributed by atoms with Gasteiger partial charge in [0, 0.05) is 23.7 Å². The molecular weight excluding hydrogens is 200 g/mol. The summed E-state index contributed by atoms with van der Waals surface area (Å²) in [5.74, 6) is 1.17. The molecule has 1 heterocycles. The molecule has 0 aliphatic carbocycles. The molecule has 0 atom stereocenters. The van der Waals surface area contributed by atoms with Crippen LogP contribution in [0.2, 0.25) is 0 Å². The fraction of sp³-hybridized carbons (Fsp3) is 0.667. The average molecular weight is 216 g/mol. The van der Waals surface area contributed by atoms with Crippen LogP contribution in [0.25, 0.3) is 0 Å². The molecule has 0 aromatic carbocycles. The van der Waals surface area contributed by atoms with E-state index in [1.54, 1.807) is 11.3 Å². The molecule has 0 spiro atoms. The van der Waals surface area contributed by atoms with Crippen LogP contribution in [0.1, 0.15) is 15.6 Å². The van der Waals surface area contributed by atoms with E-state index < -0.39 is 0 Å². The van der Waals surface area contributed by atoms with Crippen LogP contribution in [0.4, 0.5) is 0 Å². The van der Waals surface area contributed by atoms with Gasteiger partial charge in [0.05, 0.1) is 5.69 Å². The van der Waals surface area contributed by atoms with E-state index in [9.17, 15) is 0 Å². The zero-order valence-electron chi connectivity index (χ0n) is 8.39. The van der Waals surface area contributed by atoms with Crippen LogP contribution in [0, 0.1) is 13.8 Å². The van der Waals surface area contributed by atoms with Gasteiger partial charge in [-0.1, -0.05) is 0 Å². The highest BCUT2D eigenvalue weighted by molar-refractivity contribution is 7.98. The van der Waals surface area contributed by atoms with E-state index in [1.807, 2.05) is 11.8 Å². The van der Waals surface area contributed by atoms with E-state index in [-0.39, 0.29) is 0 Å². The Morgan fingerprint density at radius 2 is 2.23 bits per heavy atom. The number of nitrogens with one attached hydrogen (secondary N) is 1. The molecule has 2 nitrogen and oxygen atoms in total. The molecule has 0 unspecified atom stereocenters. The van der Waals surface area contributed by atoms with Gasteiger partial charge in [0.15, 0.2) is 0 Å². The smallest absolute Gasteiger partial charge is 0.107 e. The van der Waals surface area contributed by atoms with E-state index >= 15 is 0 Å². The molecule has 74 valence electrons. The first-order valence-corrected chi connectivity index (χ1v) is 6.57. The summed E-state index contributed by atoms with van der Waals surface area (Å²) in [6, 6.07) is 0. The summed E-state index contributed by atoms with van der Waals surface area (Å²) in [6.45, 7) is 6.17. The van der Waals surface area contributed by atoms with Gasteiger partial charge in [0.1, 0.15) is 5.01 Å². The highest BCUT2D eigenvalue weighted by Crippen LogP contribution is 2.15. The summed E-state index contributed by atoms with van der Waals surface area (Å²) in [6.07, 6.45) is 2.12. The maximum absolute atomic E-state index is 4.46. The number of hydrogen-bond donors (Lipinski definition) is 1. The summed E-state index contributed by atoms with van der Waals surface area (Å²) >= 11 is 3.66. The Bertz CT molecular complexity index is 239. The normalized spacial score (nSPS) is 10.7. The Morgan fingerprint density at radius 3 is 2.77 bits per heavy atom. The third-order valence-electron chi connectivity index (χ3n) is 1.83. The molecule has 0 radical (unpaired) electrons. The first kappa shape index (κ1) is 11.0. The Kier molecular flexibility index (Phi) is 4.77. The maximum atomic E-state index is 4.46. The van der Waals surface area contributed by atoms with Gasteiger partial charge in [-0.05, 0) is 20.1 Å². The number of aromatic nitrogens is 1. The number of thioether (sulfide) groups is 1. The van der Waals surface area contributed by atoms with Crippen LogP contribution in [0.3, 0.4) is 0 Å². The van der Waals surface area contributed by atoms with E-state index in [1.165, 1.54) is 21.3 Å². The lowest BCUT2D eigenvalue weighted by molar-refractivity contribution is 0.726. The summed E-state index contributed by atoms with van der Waals surface area (Å²) < 4.78 is 0. The second-order valence-corrected chi connectivity index (χ2v) is 5.19. The molecule has 0 saturated heterocycles. The van der Waals surface area contributed by atoms with E-state index in [0.717, 1.165) is 13.1 Å². The predicted molar refractivity (Wildman–Crippen MR) is 61.7 cm³/mol. The fourth-order valence-corrected chi connectivity index (χ4v) is 2.24. The van der Waals surface area contributed by atoms with Crippen LogP contribution in [-0.2, 0) is 6.54 Å². The summed E-state index contributed by atoms with van der Waals surface area (Å²) in [5.41, 5.74) is 1.17. The molecule has 0 bridgehead atoms. The van der Waals surface area contributed by atoms with E-state index in [0.29, 0.717) is 0 Å². The van der Waals surface area contributed by atoms with Gasteiger partial charge in [0.2, 0.25) is 0 Å². The molecule has 0 fully saturated rings. The van der Waals surface area contributed by atoms with Crippen LogP contribution in [-0.4, -0.2) is 23.5 Å². The summed E-state index contributed by atoms with van der Waals surface area (Å²) in [7, 11) is 0. The molecule has 0 aliphatic rings. The fourth-order valence-electron chi connectivity index (χ4n) is 0.984. The highest BCUT2D eigenvalue weighted by atomic mass is 32.2. The van der Waals surface area contributed by atoms with Crippen LogP contribution in [0.15, 0.2) is 0 Å². The van der Waals surface area contributed by atoms with E-state index in [2.05, 4.69) is 30.4 Å². The topological polar surface area (TPSA) is 24.9 Å². The first-order valence-electron chi connectivity index (χ1n) is 4.36. The number of thiazole rings is 1. The Hall–Kier alpha value is -0.0600. The van der Waals surface area contributed by atoms with E-state index in [4.69, 9.17) is 0 Å². The maximum Gasteiger partial charge on any atom is 0.107 e. The van der Waals surface area contributed by atoms with Crippen molar-refractivity contribution in [2.75, 3.05) is 18.6 Å². The van der Waals surface area contributed by atoms with Gasteiger partial charge < -0.3 is 5.32 Å². The molecule has 0 aliphatic heterocycles. The average Bonchev–Trinajstić information content (AvgIpc) is 2.41. The minimum absolute atomic E-state index is 0.917. The van der Waals surface area contributed by atoms with Crippen molar-refractivity contribution in [2.24, 2.45) is 0 Å². The van der Waals surface area contributed by atoms with Crippen LogP contribution >= 0.6 is 23.1 Å². The number of rotatable bonds is 5. The highest BCUT2D eigenvalue weighted by Gasteiger charge is 2.01. The number of aryl methyl sites for hydroxylation is 2. The van der Waals surface area contributed by atoms with Crippen molar-refractivity contribution in [1.82, 2.24) is 10.3 Å². The molecule has 1 rings (SSSR count). The summed E-state index contributed by atoms with van der Waals surface area (Å²) in [5, 5.41) is 4.57. The van der Waals surface area contributed by atoms with Gasteiger partial charge >= 0.3 is 0 Å². The van der Waals surface area contributed by atoms with Gasteiger partial charge in [-0.25, -0.2) is 4.98 Å². The van der Waals surface area contributed by atoms with Crippen molar-refractivity contribution >= 4 is 23.1 Å². The van der Waals surface area contributed by atoms with Crippen molar-refractivity contribution in [2.45, 2.75) is 20.4 Å². The molecule has 0 saturated carbocycles. The Labute approximate surface area is 88.2 Å². The largest absolute Gasteiger partial charge is 0.310 e. The quantitative estimate of drug-likeness (QED) is 0.764. The van der Waals surface area contributed by atoms with Gasteiger partial charge in [-0.3, -0.25) is 0 Å². The summed E-state index contributed by atoms with van der Waals surface area (Å²) in [4.78, 5) is 5.79. The minimum atomic E-state index is 0.917. The second kappa shape index (κ2) is 5.62. The third-order valence-corrected chi connectivity index (χ3v) is 3.52. The first-order chi connectivity index (χ1) is 6.24. The standard InChI is InChI=1S/C9H16N2S2/c1-7-8(2)13-9(11-7)6-10-4-5-12-3/h10H,4-6H2,1-3H3. The third kappa shape index (κ3) is 3.67. The van der Waals surface area contributed by atoms with Gasteiger partial charge in [-0.15, -0.1) is 11.3 Å². The van der Waals surface area contributed by atoms with Crippen molar-refractivity contribution in [3.05, 3.63) is 15.6 Å². The van der Waals surface area contributed by atoms with Crippen molar-refractivity contribution in [1.29, 1.82) is 0 Å². The molecule has 0 amide bonds. The molecular formula is C9H16N2S2. The predicted octanol–water partition coefficient (Wildman–Crippen LogP) is 2.21. The zero-order valence-corrected chi connectivity index (χ0v) is 10.0. The number of hydrogen-bond acceptors (Lipinski definition) is 4. The lowest BCUT2D eigenvalue weighted by Crippen LogP contribution is -2.16. The molecule has 1 N–H and O–H groups in total. The van der Waals surface area contributed by atoms with Gasteiger partial charge in [-0.2, -0.15) is 11.8 Å². The molecule has 1 aromatic rings. The lowest BCUT2D eigenvalue weighted by Gasteiger charge is -1.99. The Morgan fingerprint density at radius 1 is 1.46 bits per heavy atom. The van der Waals surface area contributed by atoms with Crippen molar-refractivity contribution in [3.63, 3.8) is 0 Å². The number of nitrogens with zero attached hydrogens (tertiary/aromatic N) is 1.